The predicted molar refractivity (Wildman–Crippen MR) is 55.2 cm³/mol. The second-order valence-electron chi connectivity index (χ2n) is 2.53. The van der Waals surface area contributed by atoms with Gasteiger partial charge in [-0.05, 0) is 13.8 Å². The summed E-state index contributed by atoms with van der Waals surface area (Å²) in [7, 11) is 1.46. The van der Waals surface area contributed by atoms with Gasteiger partial charge in [-0.1, -0.05) is 13.2 Å². The minimum Gasteiger partial charge on any atom is -0.478 e. The molecule has 0 fully saturated rings. The van der Waals surface area contributed by atoms with Gasteiger partial charge in [-0.25, -0.2) is 9.59 Å². The van der Waals surface area contributed by atoms with Gasteiger partial charge in [0.25, 0.3) is 0 Å². The highest BCUT2D eigenvalue weighted by Gasteiger charge is 2.01. The maximum absolute atomic E-state index is 10.4. The number of carboxylic acids is 1. The van der Waals surface area contributed by atoms with Gasteiger partial charge in [-0.3, -0.25) is 0 Å². The summed E-state index contributed by atoms with van der Waals surface area (Å²) in [6, 6.07) is 0. The van der Waals surface area contributed by atoms with Crippen molar-refractivity contribution in [3.8, 4) is 0 Å². The van der Waals surface area contributed by atoms with Crippen LogP contribution < -0.4 is 0 Å². The molecule has 0 amide bonds. The molecule has 15 heavy (non-hydrogen) atoms. The number of hydrogen-bond donors (Lipinski definition) is 1. The number of carbonyl (C=O) groups is 2. The molecule has 0 bridgehead atoms. The van der Waals surface area contributed by atoms with E-state index in [0.29, 0.717) is 0 Å². The predicted octanol–water partition coefficient (Wildman–Crippen LogP) is 1.36. The molecular formula is C10H16O5. The van der Waals surface area contributed by atoms with Crippen molar-refractivity contribution < 1.29 is 24.2 Å². The summed E-state index contributed by atoms with van der Waals surface area (Å²) in [4.78, 5) is 20.0. The average Bonchev–Trinajstić information content (AvgIpc) is 2.18. The third-order valence-corrected chi connectivity index (χ3v) is 1.15. The first-order valence-corrected chi connectivity index (χ1v) is 4.09. The first-order valence-electron chi connectivity index (χ1n) is 4.09. The molecule has 86 valence electrons. The van der Waals surface area contributed by atoms with Crippen molar-refractivity contribution in [3.05, 3.63) is 24.8 Å². The van der Waals surface area contributed by atoms with Crippen LogP contribution in [0.3, 0.4) is 0 Å². The third-order valence-electron chi connectivity index (χ3n) is 1.15. The molecule has 0 aliphatic heterocycles. The number of carbonyl (C=O) groups excluding carboxylic acids is 1. The lowest BCUT2D eigenvalue weighted by Gasteiger charge is -2.07. The van der Waals surface area contributed by atoms with Crippen molar-refractivity contribution in [2.45, 2.75) is 20.1 Å². The summed E-state index contributed by atoms with van der Waals surface area (Å²) in [5, 5.41) is 7.89. The topological polar surface area (TPSA) is 72.8 Å². The number of esters is 1. The Hall–Kier alpha value is -1.62. The van der Waals surface area contributed by atoms with Gasteiger partial charge in [0, 0.05) is 18.8 Å². The van der Waals surface area contributed by atoms with Gasteiger partial charge in [0.2, 0.25) is 0 Å². The molecule has 1 unspecified atom stereocenters. The largest absolute Gasteiger partial charge is 0.478 e. The first kappa shape index (κ1) is 15.8. The van der Waals surface area contributed by atoms with Crippen molar-refractivity contribution in [2.75, 3.05) is 7.11 Å². The highest BCUT2D eigenvalue weighted by molar-refractivity contribution is 5.84. The molecule has 0 aliphatic rings. The fourth-order valence-corrected chi connectivity index (χ4v) is 0.260. The van der Waals surface area contributed by atoms with E-state index in [1.807, 2.05) is 0 Å². The van der Waals surface area contributed by atoms with Crippen LogP contribution in [0.4, 0.5) is 0 Å². The Bertz CT molecular complexity index is 232. The quantitative estimate of drug-likeness (QED) is 0.436. The Morgan fingerprint density at radius 2 is 1.87 bits per heavy atom. The maximum Gasteiger partial charge on any atom is 0.332 e. The lowest BCUT2D eigenvalue weighted by atomic mass is 10.4. The van der Waals surface area contributed by atoms with Crippen LogP contribution in [0.1, 0.15) is 13.8 Å². The van der Waals surface area contributed by atoms with Crippen LogP contribution in [-0.2, 0) is 19.1 Å². The van der Waals surface area contributed by atoms with E-state index in [1.54, 1.807) is 6.92 Å². The van der Waals surface area contributed by atoms with E-state index < -0.39 is 18.2 Å². The average molecular weight is 216 g/mol. The van der Waals surface area contributed by atoms with Gasteiger partial charge in [-0.15, -0.1) is 0 Å². The zero-order valence-corrected chi connectivity index (χ0v) is 9.15. The molecule has 5 heteroatoms. The van der Waals surface area contributed by atoms with Gasteiger partial charge < -0.3 is 14.6 Å². The van der Waals surface area contributed by atoms with Crippen LogP contribution in [0.2, 0.25) is 0 Å². The highest BCUT2D eigenvalue weighted by Crippen LogP contribution is 1.90. The van der Waals surface area contributed by atoms with Gasteiger partial charge in [0.1, 0.15) is 0 Å². The van der Waals surface area contributed by atoms with Crippen molar-refractivity contribution in [1.29, 1.82) is 0 Å². The van der Waals surface area contributed by atoms with Crippen LogP contribution in [0.5, 0.6) is 0 Å². The summed E-state index contributed by atoms with van der Waals surface area (Å²) in [6.07, 6.45) is 0.602. The summed E-state index contributed by atoms with van der Waals surface area (Å²) < 4.78 is 9.20. The summed E-state index contributed by atoms with van der Waals surface area (Å²) >= 11 is 0. The number of hydrogen-bond acceptors (Lipinski definition) is 4. The first-order chi connectivity index (χ1) is 6.84. The molecule has 0 saturated heterocycles. The van der Waals surface area contributed by atoms with Crippen LogP contribution >= 0.6 is 0 Å². The fourth-order valence-electron chi connectivity index (χ4n) is 0.260. The van der Waals surface area contributed by atoms with E-state index in [0.717, 1.165) is 6.08 Å². The number of aliphatic carboxylic acids is 1. The summed E-state index contributed by atoms with van der Waals surface area (Å²) in [5.74, 6) is -1.40. The Morgan fingerprint density at radius 1 is 1.47 bits per heavy atom. The second-order valence-corrected chi connectivity index (χ2v) is 2.53. The standard InChI is InChI=1S/C6H10O3.C4H6O2/c1-4-6(7)9-5(2)8-3;1-3(2)4(5)6/h4-5H,1H2,2-3H3;1H2,2H3,(H,5,6). The van der Waals surface area contributed by atoms with Gasteiger partial charge in [0.15, 0.2) is 6.29 Å². The van der Waals surface area contributed by atoms with Crippen molar-refractivity contribution in [3.63, 3.8) is 0 Å². The van der Waals surface area contributed by atoms with Crippen LogP contribution in [0.25, 0.3) is 0 Å². The molecule has 0 radical (unpaired) electrons. The Balaban J connectivity index is 0. The normalized spacial score (nSPS) is 10.3. The highest BCUT2D eigenvalue weighted by atomic mass is 16.7. The number of methoxy groups -OCH3 is 1. The number of rotatable bonds is 4. The molecule has 5 nitrogen and oxygen atoms in total. The molecular weight excluding hydrogens is 200 g/mol. The van der Waals surface area contributed by atoms with Gasteiger partial charge in [-0.2, -0.15) is 0 Å². The van der Waals surface area contributed by atoms with E-state index in [9.17, 15) is 9.59 Å². The minimum atomic E-state index is -0.935. The molecule has 1 N–H and O–H groups in total. The van der Waals surface area contributed by atoms with Crippen LogP contribution in [0, 0.1) is 0 Å². The maximum atomic E-state index is 10.4. The van der Waals surface area contributed by atoms with E-state index in [-0.39, 0.29) is 5.57 Å². The van der Waals surface area contributed by atoms with Gasteiger partial charge >= 0.3 is 11.9 Å². The Morgan fingerprint density at radius 3 is 2.07 bits per heavy atom. The van der Waals surface area contributed by atoms with Gasteiger partial charge in [0.05, 0.1) is 0 Å². The van der Waals surface area contributed by atoms with Crippen molar-refractivity contribution in [2.24, 2.45) is 0 Å². The monoisotopic (exact) mass is 216 g/mol. The third kappa shape index (κ3) is 12.4. The molecule has 0 rings (SSSR count). The molecule has 0 aromatic carbocycles. The number of carboxylic acid groups (broad SMARTS) is 1. The van der Waals surface area contributed by atoms with E-state index >= 15 is 0 Å². The minimum absolute atomic E-state index is 0.176. The fraction of sp³-hybridized carbons (Fsp3) is 0.400. The molecule has 0 saturated carbocycles. The zero-order valence-electron chi connectivity index (χ0n) is 9.15. The summed E-state index contributed by atoms with van der Waals surface area (Å²) in [5.41, 5.74) is 0.176. The second kappa shape index (κ2) is 8.96. The van der Waals surface area contributed by atoms with Crippen LogP contribution in [0.15, 0.2) is 24.8 Å². The Kier molecular flexibility index (Phi) is 9.45. The molecule has 0 heterocycles. The van der Waals surface area contributed by atoms with E-state index in [1.165, 1.54) is 14.0 Å². The Labute approximate surface area is 89.0 Å². The SMILES string of the molecule is C=C(C)C(=O)O.C=CC(=O)OC(C)OC. The lowest BCUT2D eigenvalue weighted by Crippen LogP contribution is -2.14. The van der Waals surface area contributed by atoms with Crippen LogP contribution in [-0.4, -0.2) is 30.4 Å². The molecule has 0 spiro atoms. The smallest absolute Gasteiger partial charge is 0.332 e. The molecule has 0 aromatic rings. The molecule has 0 aromatic heterocycles. The van der Waals surface area contributed by atoms with Crippen molar-refractivity contribution >= 4 is 11.9 Å². The lowest BCUT2D eigenvalue weighted by molar-refractivity contribution is -0.163. The van der Waals surface area contributed by atoms with Crippen molar-refractivity contribution in [1.82, 2.24) is 0 Å². The van der Waals surface area contributed by atoms with E-state index in [2.05, 4.69) is 22.6 Å². The summed E-state index contributed by atoms with van der Waals surface area (Å²) in [6.45, 7) is 9.45. The molecule has 1 atom stereocenters. The molecule has 0 aliphatic carbocycles. The van der Waals surface area contributed by atoms with E-state index in [4.69, 9.17) is 5.11 Å². The number of ether oxygens (including phenoxy) is 2. The zero-order chi connectivity index (χ0) is 12.4.